The SMILES string of the molecule is Fc1ccccc1C1Oc2ccc(Br)cc2C2CC(c3ccc4c(c3)OCO4)=NN21. The van der Waals surface area contributed by atoms with Crippen LogP contribution in [0.2, 0.25) is 0 Å². The molecule has 5 nitrogen and oxygen atoms in total. The molecule has 30 heavy (non-hydrogen) atoms. The summed E-state index contributed by atoms with van der Waals surface area (Å²) in [7, 11) is 0. The van der Waals surface area contributed by atoms with E-state index in [1.54, 1.807) is 12.1 Å². The van der Waals surface area contributed by atoms with E-state index in [0.717, 1.165) is 32.8 Å². The lowest BCUT2D eigenvalue weighted by Gasteiger charge is -2.38. The Labute approximate surface area is 180 Å². The van der Waals surface area contributed by atoms with Crippen LogP contribution in [-0.2, 0) is 0 Å². The molecule has 150 valence electrons. The highest BCUT2D eigenvalue weighted by molar-refractivity contribution is 9.10. The van der Waals surface area contributed by atoms with Gasteiger partial charge < -0.3 is 14.2 Å². The van der Waals surface area contributed by atoms with Gasteiger partial charge in [-0.15, -0.1) is 0 Å². The van der Waals surface area contributed by atoms with Crippen molar-refractivity contribution in [3.8, 4) is 17.2 Å². The minimum atomic E-state index is -0.642. The van der Waals surface area contributed by atoms with Gasteiger partial charge in [-0.3, -0.25) is 0 Å². The van der Waals surface area contributed by atoms with Gasteiger partial charge in [0.2, 0.25) is 13.0 Å². The third-order valence-corrected chi connectivity index (χ3v) is 6.12. The van der Waals surface area contributed by atoms with Crippen LogP contribution in [0.1, 0.15) is 35.4 Å². The maximum atomic E-state index is 14.6. The van der Waals surface area contributed by atoms with E-state index in [-0.39, 0.29) is 18.7 Å². The van der Waals surface area contributed by atoms with Crippen molar-refractivity contribution in [2.75, 3.05) is 6.79 Å². The fourth-order valence-electron chi connectivity index (χ4n) is 4.19. The molecule has 3 heterocycles. The third kappa shape index (κ3) is 2.76. The standard InChI is InChI=1S/C23H16BrFN2O3/c24-14-6-8-20-16(10-14)19-11-18(13-5-7-21-22(9-13)29-12-28-21)26-27(19)23(30-20)15-3-1-2-4-17(15)25/h1-10,19,23H,11-12H2. The van der Waals surface area contributed by atoms with Gasteiger partial charge in [0.1, 0.15) is 11.6 Å². The molecule has 2 unspecified atom stereocenters. The zero-order chi connectivity index (χ0) is 20.2. The van der Waals surface area contributed by atoms with Crippen LogP contribution in [0, 0.1) is 5.82 Å². The van der Waals surface area contributed by atoms with Crippen LogP contribution in [0.25, 0.3) is 0 Å². The number of benzene rings is 3. The zero-order valence-corrected chi connectivity index (χ0v) is 17.3. The van der Waals surface area contributed by atoms with E-state index < -0.39 is 6.23 Å². The molecule has 0 radical (unpaired) electrons. The topological polar surface area (TPSA) is 43.3 Å². The fourth-order valence-corrected chi connectivity index (χ4v) is 4.57. The van der Waals surface area contributed by atoms with E-state index >= 15 is 0 Å². The van der Waals surface area contributed by atoms with Gasteiger partial charge in [-0.25, -0.2) is 9.40 Å². The first-order valence-electron chi connectivity index (χ1n) is 9.64. The molecule has 3 aliphatic heterocycles. The Kier molecular flexibility index (Phi) is 3.99. The number of nitrogens with zero attached hydrogens (tertiary/aromatic N) is 2. The number of rotatable bonds is 2. The summed E-state index contributed by atoms with van der Waals surface area (Å²) in [6.45, 7) is 0.227. The zero-order valence-electron chi connectivity index (χ0n) is 15.7. The van der Waals surface area contributed by atoms with Gasteiger partial charge >= 0.3 is 0 Å². The molecule has 0 bridgehead atoms. The number of ether oxygens (including phenoxy) is 3. The first-order valence-corrected chi connectivity index (χ1v) is 10.4. The maximum Gasteiger partial charge on any atom is 0.231 e. The average Bonchev–Trinajstić information content (AvgIpc) is 3.40. The van der Waals surface area contributed by atoms with Crippen molar-refractivity contribution in [2.45, 2.75) is 18.7 Å². The van der Waals surface area contributed by atoms with Crippen molar-refractivity contribution >= 4 is 21.6 Å². The molecule has 0 saturated carbocycles. The molecular formula is C23H16BrFN2O3. The second-order valence-electron chi connectivity index (χ2n) is 7.39. The molecule has 7 heteroatoms. The van der Waals surface area contributed by atoms with Crippen molar-refractivity contribution in [1.29, 1.82) is 0 Å². The van der Waals surface area contributed by atoms with E-state index in [9.17, 15) is 4.39 Å². The molecule has 0 saturated heterocycles. The number of halogens is 2. The highest BCUT2D eigenvalue weighted by Crippen LogP contribution is 2.48. The highest BCUT2D eigenvalue weighted by Gasteiger charge is 2.42. The molecule has 3 aromatic carbocycles. The van der Waals surface area contributed by atoms with E-state index in [2.05, 4.69) is 15.9 Å². The van der Waals surface area contributed by atoms with Gasteiger partial charge in [0, 0.05) is 22.0 Å². The fraction of sp³-hybridized carbons (Fsp3) is 0.174. The van der Waals surface area contributed by atoms with Crippen molar-refractivity contribution < 1.29 is 18.6 Å². The first kappa shape index (κ1) is 17.8. The van der Waals surface area contributed by atoms with Crippen LogP contribution in [-0.4, -0.2) is 17.5 Å². The van der Waals surface area contributed by atoms with Gasteiger partial charge in [0.25, 0.3) is 0 Å². The molecule has 0 fully saturated rings. The van der Waals surface area contributed by atoms with Gasteiger partial charge in [0.05, 0.1) is 17.3 Å². The van der Waals surface area contributed by atoms with Gasteiger partial charge in [-0.2, -0.15) is 5.10 Å². The van der Waals surface area contributed by atoms with Crippen molar-refractivity contribution in [3.05, 3.63) is 87.6 Å². The number of fused-ring (bicyclic) bond motifs is 4. The van der Waals surface area contributed by atoms with Crippen LogP contribution >= 0.6 is 15.9 Å². The van der Waals surface area contributed by atoms with E-state index in [1.807, 2.05) is 47.5 Å². The van der Waals surface area contributed by atoms with E-state index in [0.29, 0.717) is 17.7 Å². The first-order chi connectivity index (χ1) is 14.7. The van der Waals surface area contributed by atoms with Gasteiger partial charge in [-0.05, 0) is 42.5 Å². The molecule has 0 N–H and O–H groups in total. The highest BCUT2D eigenvalue weighted by atomic mass is 79.9. The van der Waals surface area contributed by atoms with Gasteiger partial charge in [0.15, 0.2) is 11.5 Å². The summed E-state index contributed by atoms with van der Waals surface area (Å²) < 4.78 is 32.8. The summed E-state index contributed by atoms with van der Waals surface area (Å²) in [6, 6.07) is 18.3. The Bertz CT molecular complexity index is 1200. The summed E-state index contributed by atoms with van der Waals surface area (Å²) >= 11 is 3.55. The predicted molar refractivity (Wildman–Crippen MR) is 112 cm³/mol. The Morgan fingerprint density at radius 1 is 0.933 bits per heavy atom. The second-order valence-corrected chi connectivity index (χ2v) is 8.30. The molecule has 0 aromatic heterocycles. The van der Waals surface area contributed by atoms with Crippen molar-refractivity contribution in [3.63, 3.8) is 0 Å². The van der Waals surface area contributed by atoms with Crippen molar-refractivity contribution in [2.24, 2.45) is 5.10 Å². The number of hydrazone groups is 1. The normalized spacial score (nSPS) is 21.0. The Balaban J connectivity index is 1.45. The quantitative estimate of drug-likeness (QED) is 0.495. The lowest BCUT2D eigenvalue weighted by molar-refractivity contribution is -0.0212. The molecule has 2 atom stereocenters. The Hall–Kier alpha value is -3.06. The molecule has 0 spiro atoms. The maximum absolute atomic E-state index is 14.6. The Morgan fingerprint density at radius 2 is 1.77 bits per heavy atom. The third-order valence-electron chi connectivity index (χ3n) is 5.63. The molecule has 3 aromatic rings. The summed E-state index contributed by atoms with van der Waals surface area (Å²) in [6.07, 6.45) is 0.0358. The monoisotopic (exact) mass is 466 g/mol. The minimum Gasteiger partial charge on any atom is -0.464 e. The second kappa shape index (κ2) is 6.74. The molecule has 0 aliphatic carbocycles. The summed E-state index contributed by atoms with van der Waals surface area (Å²) in [4.78, 5) is 0. The average molecular weight is 467 g/mol. The lowest BCUT2D eigenvalue weighted by atomic mass is 9.95. The Morgan fingerprint density at radius 3 is 2.67 bits per heavy atom. The van der Waals surface area contributed by atoms with Gasteiger partial charge in [-0.1, -0.05) is 34.1 Å². The smallest absolute Gasteiger partial charge is 0.231 e. The molecular weight excluding hydrogens is 451 g/mol. The lowest BCUT2D eigenvalue weighted by Crippen LogP contribution is -2.34. The largest absolute Gasteiger partial charge is 0.464 e. The van der Waals surface area contributed by atoms with Crippen LogP contribution in [0.5, 0.6) is 17.2 Å². The number of hydrogen-bond donors (Lipinski definition) is 0. The van der Waals surface area contributed by atoms with E-state index in [4.69, 9.17) is 19.3 Å². The molecule has 0 amide bonds. The molecule has 6 rings (SSSR count). The van der Waals surface area contributed by atoms with E-state index in [1.165, 1.54) is 6.07 Å². The van der Waals surface area contributed by atoms with Crippen LogP contribution in [0.4, 0.5) is 4.39 Å². The number of hydrogen-bond acceptors (Lipinski definition) is 5. The minimum absolute atomic E-state index is 0.0590. The van der Waals surface area contributed by atoms with Crippen LogP contribution < -0.4 is 14.2 Å². The van der Waals surface area contributed by atoms with Crippen LogP contribution in [0.15, 0.2) is 70.2 Å². The summed E-state index contributed by atoms with van der Waals surface area (Å²) in [5.74, 6) is 1.88. The van der Waals surface area contributed by atoms with Crippen molar-refractivity contribution in [1.82, 2.24) is 5.01 Å². The summed E-state index contributed by atoms with van der Waals surface area (Å²) in [5, 5.41) is 6.75. The van der Waals surface area contributed by atoms with Crippen LogP contribution in [0.3, 0.4) is 0 Å². The summed E-state index contributed by atoms with van der Waals surface area (Å²) in [5.41, 5.74) is 3.34. The molecule has 3 aliphatic rings. The predicted octanol–water partition coefficient (Wildman–Crippen LogP) is 5.56.